The van der Waals surface area contributed by atoms with E-state index in [-0.39, 0.29) is 5.56 Å². The van der Waals surface area contributed by atoms with Crippen LogP contribution < -0.4 is 5.56 Å². The van der Waals surface area contributed by atoms with Crippen molar-refractivity contribution < 1.29 is 0 Å². The van der Waals surface area contributed by atoms with Gasteiger partial charge in [-0.05, 0) is 35.0 Å². The zero-order chi connectivity index (χ0) is 11.8. The third-order valence-corrected chi connectivity index (χ3v) is 3.64. The molecule has 0 aliphatic heterocycles. The first-order valence-corrected chi connectivity index (χ1v) is 6.22. The number of nitrogens with zero attached hydrogens (tertiary/aromatic N) is 2. The second-order valence-corrected chi connectivity index (χ2v) is 4.84. The average Bonchev–Trinajstić information content (AvgIpc) is 2.80. The Labute approximate surface area is 106 Å². The van der Waals surface area contributed by atoms with E-state index >= 15 is 0 Å². The van der Waals surface area contributed by atoms with Crippen molar-refractivity contribution in [3.8, 4) is 5.69 Å². The number of pyridine rings is 2. The van der Waals surface area contributed by atoms with Crippen LogP contribution >= 0.6 is 22.9 Å². The predicted octanol–water partition coefficient (Wildman–Crippen LogP) is 3.10. The van der Waals surface area contributed by atoms with E-state index in [2.05, 4.69) is 4.98 Å². The van der Waals surface area contributed by atoms with Gasteiger partial charge in [-0.2, -0.15) is 0 Å². The van der Waals surface area contributed by atoms with Gasteiger partial charge in [-0.3, -0.25) is 9.36 Å². The number of rotatable bonds is 1. The van der Waals surface area contributed by atoms with Crippen molar-refractivity contribution in [1.29, 1.82) is 0 Å². The zero-order valence-corrected chi connectivity index (χ0v) is 10.2. The van der Waals surface area contributed by atoms with E-state index in [1.807, 2.05) is 17.5 Å². The van der Waals surface area contributed by atoms with Crippen LogP contribution in [0.4, 0.5) is 0 Å². The number of aromatic nitrogens is 2. The normalized spacial score (nSPS) is 10.9. The minimum Gasteiger partial charge on any atom is -0.282 e. The first kappa shape index (κ1) is 10.5. The molecule has 0 saturated heterocycles. The maximum absolute atomic E-state index is 12.2. The summed E-state index contributed by atoms with van der Waals surface area (Å²) in [6, 6.07) is 7.30. The molecule has 17 heavy (non-hydrogen) atoms. The molecule has 0 fully saturated rings. The summed E-state index contributed by atoms with van der Waals surface area (Å²) >= 11 is 7.17. The zero-order valence-electron chi connectivity index (χ0n) is 8.63. The molecule has 3 rings (SSSR count). The van der Waals surface area contributed by atoms with Gasteiger partial charge in [-0.1, -0.05) is 11.6 Å². The molecule has 0 saturated carbocycles. The standard InChI is InChI=1S/C12H7ClN2OS/c13-10-2-1-9(7-14-10)15-5-3-8-4-6-17-11(8)12(15)16/h1-7H. The molecular formula is C12H7ClN2OS. The third kappa shape index (κ3) is 1.75. The minimum atomic E-state index is -0.0263. The maximum Gasteiger partial charge on any atom is 0.273 e. The van der Waals surface area contributed by atoms with Crippen molar-refractivity contribution in [3.63, 3.8) is 0 Å². The molecule has 0 spiro atoms. The number of hydrogen-bond donors (Lipinski definition) is 0. The fraction of sp³-hybridized carbons (Fsp3) is 0. The first-order valence-electron chi connectivity index (χ1n) is 4.96. The smallest absolute Gasteiger partial charge is 0.273 e. The molecule has 0 unspecified atom stereocenters. The fourth-order valence-electron chi connectivity index (χ4n) is 1.67. The molecule has 3 aromatic rings. The summed E-state index contributed by atoms with van der Waals surface area (Å²) in [6.45, 7) is 0. The van der Waals surface area contributed by atoms with Gasteiger partial charge in [-0.15, -0.1) is 11.3 Å². The largest absolute Gasteiger partial charge is 0.282 e. The van der Waals surface area contributed by atoms with Crippen LogP contribution in [-0.4, -0.2) is 9.55 Å². The quantitative estimate of drug-likeness (QED) is 0.632. The number of fused-ring (bicyclic) bond motifs is 1. The molecule has 0 radical (unpaired) electrons. The molecule has 3 aromatic heterocycles. The highest BCUT2D eigenvalue weighted by Gasteiger charge is 2.05. The predicted molar refractivity (Wildman–Crippen MR) is 70.2 cm³/mol. The van der Waals surface area contributed by atoms with Crippen LogP contribution in [0.15, 0.2) is 46.8 Å². The Kier molecular flexibility index (Phi) is 2.46. The van der Waals surface area contributed by atoms with E-state index < -0.39 is 0 Å². The van der Waals surface area contributed by atoms with Crippen LogP contribution in [0.3, 0.4) is 0 Å². The van der Waals surface area contributed by atoms with Gasteiger partial charge in [0.05, 0.1) is 11.9 Å². The van der Waals surface area contributed by atoms with E-state index in [1.54, 1.807) is 29.1 Å². The van der Waals surface area contributed by atoms with Gasteiger partial charge in [0.15, 0.2) is 0 Å². The lowest BCUT2D eigenvalue weighted by molar-refractivity contribution is 0.998. The Hall–Kier alpha value is -1.65. The molecule has 3 heterocycles. The summed E-state index contributed by atoms with van der Waals surface area (Å²) in [7, 11) is 0. The van der Waals surface area contributed by atoms with Crippen molar-refractivity contribution in [2.75, 3.05) is 0 Å². The molecule has 5 heteroatoms. The Morgan fingerprint density at radius 1 is 1.24 bits per heavy atom. The highest BCUT2D eigenvalue weighted by Crippen LogP contribution is 2.17. The van der Waals surface area contributed by atoms with Crippen LogP contribution in [0, 0.1) is 0 Å². The second-order valence-electron chi connectivity index (χ2n) is 3.54. The molecule has 0 aromatic carbocycles. The summed E-state index contributed by atoms with van der Waals surface area (Å²) in [5.41, 5.74) is 0.691. The Balaban J connectivity index is 2.27. The van der Waals surface area contributed by atoms with Gasteiger partial charge < -0.3 is 0 Å². The van der Waals surface area contributed by atoms with Crippen molar-refractivity contribution in [2.24, 2.45) is 0 Å². The van der Waals surface area contributed by atoms with Crippen LogP contribution in [0.25, 0.3) is 15.8 Å². The molecule has 0 aliphatic carbocycles. The van der Waals surface area contributed by atoms with E-state index in [4.69, 9.17) is 11.6 Å². The van der Waals surface area contributed by atoms with Crippen molar-refractivity contribution >= 4 is 33.0 Å². The highest BCUT2D eigenvalue weighted by molar-refractivity contribution is 7.17. The molecule has 0 bridgehead atoms. The summed E-state index contributed by atoms with van der Waals surface area (Å²) in [5.74, 6) is 0. The fourth-order valence-corrected chi connectivity index (χ4v) is 2.60. The van der Waals surface area contributed by atoms with Gasteiger partial charge in [0, 0.05) is 6.20 Å². The summed E-state index contributed by atoms with van der Waals surface area (Å²) < 4.78 is 2.32. The van der Waals surface area contributed by atoms with Crippen molar-refractivity contribution in [1.82, 2.24) is 9.55 Å². The Morgan fingerprint density at radius 3 is 2.88 bits per heavy atom. The lowest BCUT2D eigenvalue weighted by Gasteiger charge is -2.04. The maximum atomic E-state index is 12.2. The van der Waals surface area contributed by atoms with Crippen molar-refractivity contribution in [3.05, 3.63) is 57.5 Å². The molecule has 0 aliphatic rings. The van der Waals surface area contributed by atoms with Crippen LogP contribution in [0.1, 0.15) is 0 Å². The molecular weight excluding hydrogens is 256 g/mol. The van der Waals surface area contributed by atoms with Gasteiger partial charge in [0.1, 0.15) is 9.85 Å². The van der Waals surface area contributed by atoms with E-state index in [0.717, 1.165) is 15.8 Å². The van der Waals surface area contributed by atoms with E-state index in [1.165, 1.54) is 11.3 Å². The van der Waals surface area contributed by atoms with E-state index in [0.29, 0.717) is 5.15 Å². The second kappa shape index (κ2) is 3.98. The number of hydrogen-bond acceptors (Lipinski definition) is 3. The summed E-state index contributed by atoms with van der Waals surface area (Å²) in [4.78, 5) is 16.2. The van der Waals surface area contributed by atoms with E-state index in [9.17, 15) is 4.79 Å². The van der Waals surface area contributed by atoms with Gasteiger partial charge >= 0.3 is 0 Å². The monoisotopic (exact) mass is 262 g/mol. The summed E-state index contributed by atoms with van der Waals surface area (Å²) in [5, 5.41) is 3.30. The number of halogens is 1. The molecule has 0 amide bonds. The van der Waals surface area contributed by atoms with Crippen LogP contribution in [0.5, 0.6) is 0 Å². The molecule has 3 nitrogen and oxygen atoms in total. The first-order chi connectivity index (χ1) is 8.25. The Bertz CT molecular complexity index is 730. The van der Waals surface area contributed by atoms with Gasteiger partial charge in [0.2, 0.25) is 0 Å². The molecule has 0 N–H and O–H groups in total. The number of thiophene rings is 1. The van der Waals surface area contributed by atoms with Gasteiger partial charge in [0.25, 0.3) is 5.56 Å². The summed E-state index contributed by atoms with van der Waals surface area (Å²) in [6.07, 6.45) is 3.34. The molecule has 84 valence electrons. The highest BCUT2D eigenvalue weighted by atomic mass is 35.5. The van der Waals surface area contributed by atoms with Crippen LogP contribution in [-0.2, 0) is 0 Å². The average molecular weight is 263 g/mol. The SMILES string of the molecule is O=c1c2sccc2ccn1-c1ccc(Cl)nc1. The topological polar surface area (TPSA) is 34.9 Å². The molecule has 0 atom stereocenters. The van der Waals surface area contributed by atoms with Crippen LogP contribution in [0.2, 0.25) is 5.15 Å². The van der Waals surface area contributed by atoms with Gasteiger partial charge in [-0.25, -0.2) is 4.98 Å². The van der Waals surface area contributed by atoms with Crippen molar-refractivity contribution in [2.45, 2.75) is 0 Å². The lowest BCUT2D eigenvalue weighted by Crippen LogP contribution is -2.16. The minimum absolute atomic E-state index is 0.0263. The Morgan fingerprint density at radius 2 is 2.12 bits per heavy atom. The lowest BCUT2D eigenvalue weighted by atomic mass is 10.3. The third-order valence-electron chi connectivity index (χ3n) is 2.50.